The highest BCUT2D eigenvalue weighted by Gasteiger charge is 2.09. The van der Waals surface area contributed by atoms with E-state index >= 15 is 0 Å². The van der Waals surface area contributed by atoms with Gasteiger partial charge in [0.05, 0.1) is 6.21 Å². The molecule has 0 aliphatic carbocycles. The molecule has 0 aliphatic rings. The third kappa shape index (κ3) is 6.48. The number of rotatable bonds is 6. The summed E-state index contributed by atoms with van der Waals surface area (Å²) >= 11 is 0. The Labute approximate surface area is 195 Å². The summed E-state index contributed by atoms with van der Waals surface area (Å²) in [5.41, 5.74) is 6.60. The van der Waals surface area contributed by atoms with Gasteiger partial charge in [-0.2, -0.15) is 20.1 Å². The Morgan fingerprint density at radius 3 is 2.41 bits per heavy atom. The number of hydrogen-bond donors (Lipinski definition) is 4. The fourth-order valence-electron chi connectivity index (χ4n) is 2.95. The van der Waals surface area contributed by atoms with Crippen LogP contribution < -0.4 is 15.6 Å². The van der Waals surface area contributed by atoms with E-state index in [1.807, 2.05) is 45.3 Å². The lowest BCUT2D eigenvalue weighted by atomic mass is 10.1. The first kappa shape index (κ1) is 24.1. The zero-order valence-electron chi connectivity index (χ0n) is 19.2. The monoisotopic (exact) mass is 464 g/mol. The van der Waals surface area contributed by atoms with Crippen molar-refractivity contribution in [1.82, 2.24) is 19.9 Å². The quantitative estimate of drug-likeness (QED) is 0.247. The second-order valence-electron chi connectivity index (χ2n) is 7.41. The number of aryl methyl sites for hydroxylation is 1. The molecule has 2 aromatic carbocycles. The molecule has 4 rings (SSSR count). The first-order valence-electron chi connectivity index (χ1n) is 10.2. The number of nitrogens with zero attached hydrogens (tertiary/aromatic N) is 5. The first-order chi connectivity index (χ1) is 16.2. The van der Waals surface area contributed by atoms with E-state index in [0.717, 1.165) is 29.1 Å². The second kappa shape index (κ2) is 10.9. The van der Waals surface area contributed by atoms with Crippen LogP contribution in [-0.4, -0.2) is 51.3 Å². The van der Waals surface area contributed by atoms with E-state index in [1.54, 1.807) is 23.2 Å². The van der Waals surface area contributed by atoms with Gasteiger partial charge >= 0.3 is 0 Å². The molecule has 0 saturated carbocycles. The van der Waals surface area contributed by atoms with Crippen molar-refractivity contribution in [3.05, 3.63) is 65.6 Å². The van der Waals surface area contributed by atoms with E-state index in [4.69, 9.17) is 9.90 Å². The third-order valence-electron chi connectivity index (χ3n) is 4.43. The SMILES string of the molecule is CC(=O)O.Cc1[nH]c2ccccc2c1/C=N/Nc1nc(Nc2ccc(F)cc2)nc(N(C)C)n1. The number of para-hydroxylation sites is 1. The maximum atomic E-state index is 13.1. The molecule has 2 aromatic heterocycles. The molecular formula is C23H25FN8O2. The van der Waals surface area contributed by atoms with Gasteiger partial charge in [0.25, 0.3) is 5.97 Å². The van der Waals surface area contributed by atoms with Crippen molar-refractivity contribution in [3.8, 4) is 0 Å². The lowest BCUT2D eigenvalue weighted by Crippen LogP contribution is -2.15. The molecular weight excluding hydrogens is 439 g/mol. The Bertz CT molecular complexity index is 1300. The number of fused-ring (bicyclic) bond motifs is 1. The van der Waals surface area contributed by atoms with Crippen molar-refractivity contribution in [2.75, 3.05) is 29.7 Å². The molecule has 0 bridgehead atoms. The topological polar surface area (TPSA) is 131 Å². The molecule has 4 N–H and O–H groups in total. The highest BCUT2D eigenvalue weighted by atomic mass is 19.1. The van der Waals surface area contributed by atoms with Gasteiger partial charge in [0.15, 0.2) is 0 Å². The van der Waals surface area contributed by atoms with Crippen molar-refractivity contribution in [2.45, 2.75) is 13.8 Å². The molecule has 2 heterocycles. The molecule has 0 unspecified atom stereocenters. The van der Waals surface area contributed by atoms with Gasteiger partial charge < -0.3 is 20.3 Å². The van der Waals surface area contributed by atoms with Gasteiger partial charge in [0.2, 0.25) is 17.8 Å². The van der Waals surface area contributed by atoms with Crippen LogP contribution in [-0.2, 0) is 4.79 Å². The summed E-state index contributed by atoms with van der Waals surface area (Å²) in [4.78, 5) is 27.2. The van der Waals surface area contributed by atoms with Crippen molar-refractivity contribution in [2.24, 2.45) is 5.10 Å². The minimum atomic E-state index is -0.833. The van der Waals surface area contributed by atoms with Crippen molar-refractivity contribution >= 4 is 46.6 Å². The molecule has 4 aromatic rings. The molecule has 0 radical (unpaired) electrons. The summed E-state index contributed by atoms with van der Waals surface area (Å²) < 4.78 is 13.1. The van der Waals surface area contributed by atoms with E-state index in [-0.39, 0.29) is 11.8 Å². The minimum Gasteiger partial charge on any atom is -0.481 e. The van der Waals surface area contributed by atoms with Crippen LogP contribution in [0.3, 0.4) is 0 Å². The predicted molar refractivity (Wildman–Crippen MR) is 131 cm³/mol. The first-order valence-corrected chi connectivity index (χ1v) is 10.2. The van der Waals surface area contributed by atoms with E-state index < -0.39 is 5.97 Å². The van der Waals surface area contributed by atoms with Crippen LogP contribution in [0.1, 0.15) is 18.2 Å². The van der Waals surface area contributed by atoms with Gasteiger partial charge in [-0.1, -0.05) is 18.2 Å². The van der Waals surface area contributed by atoms with Crippen LogP contribution in [0.2, 0.25) is 0 Å². The number of benzene rings is 2. The zero-order chi connectivity index (χ0) is 24.7. The van der Waals surface area contributed by atoms with Gasteiger partial charge in [-0.25, -0.2) is 9.82 Å². The normalized spacial score (nSPS) is 10.6. The van der Waals surface area contributed by atoms with Crippen molar-refractivity contribution in [3.63, 3.8) is 0 Å². The summed E-state index contributed by atoms with van der Waals surface area (Å²) in [5, 5.41) is 15.9. The molecule has 176 valence electrons. The van der Waals surface area contributed by atoms with Gasteiger partial charge in [-0.15, -0.1) is 0 Å². The van der Waals surface area contributed by atoms with Crippen LogP contribution in [0.15, 0.2) is 53.6 Å². The summed E-state index contributed by atoms with van der Waals surface area (Å²) in [5.74, 6) is -0.0848. The molecule has 11 heteroatoms. The van der Waals surface area contributed by atoms with Crippen molar-refractivity contribution in [1.29, 1.82) is 0 Å². The standard InChI is InChI=1S/C21H21FN8.C2H4O2/c1-13-17(16-6-4-5-7-18(16)24-13)12-23-29-20-26-19(27-21(28-20)30(2)3)25-15-10-8-14(22)9-11-15;1-2(3)4/h4-12,24H,1-3H3,(H2,25,26,27,28,29);1H3,(H,3,4)/b23-12+;. The summed E-state index contributed by atoms with van der Waals surface area (Å²) in [6.45, 7) is 3.08. The predicted octanol–water partition coefficient (Wildman–Crippen LogP) is 4.15. The number of aromatic nitrogens is 4. The van der Waals surface area contributed by atoms with E-state index in [9.17, 15) is 4.39 Å². The Kier molecular flexibility index (Phi) is 7.70. The molecule has 0 atom stereocenters. The highest BCUT2D eigenvalue weighted by Crippen LogP contribution is 2.20. The fourth-order valence-corrected chi connectivity index (χ4v) is 2.95. The summed E-state index contributed by atoms with van der Waals surface area (Å²) in [6.07, 6.45) is 1.74. The number of anilines is 4. The van der Waals surface area contributed by atoms with Crippen LogP contribution in [0.5, 0.6) is 0 Å². The number of carboxylic acid groups (broad SMARTS) is 1. The average Bonchev–Trinajstić information content (AvgIpc) is 3.10. The molecule has 34 heavy (non-hydrogen) atoms. The largest absolute Gasteiger partial charge is 0.481 e. The van der Waals surface area contributed by atoms with Crippen LogP contribution in [0.4, 0.5) is 27.9 Å². The minimum absolute atomic E-state index is 0.284. The number of carboxylic acids is 1. The summed E-state index contributed by atoms with van der Waals surface area (Å²) in [7, 11) is 3.67. The van der Waals surface area contributed by atoms with Gasteiger partial charge in [-0.05, 0) is 37.3 Å². The molecule has 10 nitrogen and oxygen atoms in total. The molecule has 0 amide bonds. The van der Waals surface area contributed by atoms with E-state index in [2.05, 4.69) is 35.8 Å². The second-order valence-corrected chi connectivity index (χ2v) is 7.41. The third-order valence-corrected chi connectivity index (χ3v) is 4.43. The van der Waals surface area contributed by atoms with Gasteiger partial charge in [-0.3, -0.25) is 4.79 Å². The Morgan fingerprint density at radius 2 is 1.74 bits per heavy atom. The Morgan fingerprint density at radius 1 is 1.09 bits per heavy atom. The van der Waals surface area contributed by atoms with E-state index in [0.29, 0.717) is 17.6 Å². The molecule has 0 aliphatic heterocycles. The number of aromatic amines is 1. The lowest BCUT2D eigenvalue weighted by Gasteiger charge is -2.13. The number of nitrogens with one attached hydrogen (secondary N) is 3. The average molecular weight is 465 g/mol. The maximum absolute atomic E-state index is 13.1. The number of H-pyrrole nitrogens is 1. The number of halogens is 1. The number of hydrogen-bond acceptors (Lipinski definition) is 8. The lowest BCUT2D eigenvalue weighted by molar-refractivity contribution is -0.134. The smallest absolute Gasteiger partial charge is 0.300 e. The number of hydrazone groups is 1. The molecule has 0 saturated heterocycles. The maximum Gasteiger partial charge on any atom is 0.300 e. The summed E-state index contributed by atoms with van der Waals surface area (Å²) in [6, 6.07) is 14.0. The molecule has 0 spiro atoms. The highest BCUT2D eigenvalue weighted by molar-refractivity contribution is 6.00. The Balaban J connectivity index is 0.000000751. The zero-order valence-corrected chi connectivity index (χ0v) is 19.2. The van der Waals surface area contributed by atoms with Crippen molar-refractivity contribution < 1.29 is 14.3 Å². The van der Waals surface area contributed by atoms with Crippen LogP contribution >= 0.6 is 0 Å². The van der Waals surface area contributed by atoms with Crippen LogP contribution in [0.25, 0.3) is 10.9 Å². The van der Waals surface area contributed by atoms with E-state index in [1.165, 1.54) is 12.1 Å². The number of aliphatic carboxylic acids is 1. The Hall–Kier alpha value is -4.54. The van der Waals surface area contributed by atoms with Crippen LogP contribution in [0, 0.1) is 12.7 Å². The van der Waals surface area contributed by atoms with Gasteiger partial charge in [0.1, 0.15) is 5.82 Å². The number of carbonyl (C=O) groups is 1. The molecule has 0 fully saturated rings. The van der Waals surface area contributed by atoms with Gasteiger partial charge in [0, 0.05) is 48.9 Å². The fraction of sp³-hybridized carbons (Fsp3) is 0.174.